The SMILES string of the molecule is Cc1cc(C)c(C(C)N2CC(CC(=O)O)C2)c(C)c1. The predicted octanol–water partition coefficient (Wildman–Crippen LogP) is 3.08. The Balaban J connectivity index is 2.06. The van der Waals surface area contributed by atoms with Crippen LogP contribution in [0.25, 0.3) is 0 Å². The van der Waals surface area contributed by atoms with Crippen molar-refractivity contribution in [3.8, 4) is 0 Å². The number of nitrogens with zero attached hydrogens (tertiary/aromatic N) is 1. The molecule has 1 N–H and O–H groups in total. The molecule has 0 aromatic heterocycles. The normalized spacial score (nSPS) is 18.1. The van der Waals surface area contributed by atoms with E-state index in [1.807, 2.05) is 0 Å². The first-order valence-corrected chi connectivity index (χ1v) is 6.92. The van der Waals surface area contributed by atoms with Crippen LogP contribution in [0.5, 0.6) is 0 Å². The molecule has 104 valence electrons. The van der Waals surface area contributed by atoms with E-state index in [9.17, 15) is 4.79 Å². The van der Waals surface area contributed by atoms with Gasteiger partial charge < -0.3 is 5.11 Å². The number of rotatable bonds is 4. The molecule has 1 saturated heterocycles. The number of aliphatic carboxylic acids is 1. The summed E-state index contributed by atoms with van der Waals surface area (Å²) in [6, 6.07) is 4.84. The maximum atomic E-state index is 10.7. The summed E-state index contributed by atoms with van der Waals surface area (Å²) in [5, 5.41) is 8.79. The maximum Gasteiger partial charge on any atom is 0.303 e. The van der Waals surface area contributed by atoms with Gasteiger partial charge in [-0.1, -0.05) is 17.7 Å². The Morgan fingerprint density at radius 2 is 1.84 bits per heavy atom. The van der Waals surface area contributed by atoms with Crippen molar-refractivity contribution in [3.63, 3.8) is 0 Å². The molecule has 0 spiro atoms. The van der Waals surface area contributed by atoms with Crippen LogP contribution in [-0.2, 0) is 4.79 Å². The highest BCUT2D eigenvalue weighted by Crippen LogP contribution is 2.33. The second kappa shape index (κ2) is 5.33. The smallest absolute Gasteiger partial charge is 0.303 e. The number of likely N-dealkylation sites (tertiary alicyclic amines) is 1. The zero-order valence-corrected chi connectivity index (χ0v) is 12.2. The van der Waals surface area contributed by atoms with Gasteiger partial charge in [-0.05, 0) is 50.3 Å². The lowest BCUT2D eigenvalue weighted by molar-refractivity contribution is -0.139. The molecule has 0 radical (unpaired) electrons. The largest absolute Gasteiger partial charge is 0.481 e. The van der Waals surface area contributed by atoms with Crippen LogP contribution in [0.2, 0.25) is 0 Å². The van der Waals surface area contributed by atoms with Crippen molar-refractivity contribution >= 4 is 5.97 Å². The third-order valence-electron chi connectivity index (χ3n) is 4.15. The van der Waals surface area contributed by atoms with Crippen LogP contribution in [0.3, 0.4) is 0 Å². The molecule has 1 atom stereocenters. The molecule has 0 amide bonds. The van der Waals surface area contributed by atoms with Gasteiger partial charge >= 0.3 is 5.97 Å². The van der Waals surface area contributed by atoms with E-state index in [1.54, 1.807) is 0 Å². The topological polar surface area (TPSA) is 40.5 Å². The average Bonchev–Trinajstić information content (AvgIpc) is 2.20. The quantitative estimate of drug-likeness (QED) is 0.905. The molecule has 19 heavy (non-hydrogen) atoms. The standard InChI is InChI=1S/C16H23NO2/c1-10-5-11(2)16(12(3)6-10)13(4)17-8-14(9-17)7-15(18)19/h5-6,13-14H,7-9H2,1-4H3,(H,18,19). The number of benzene rings is 1. The lowest BCUT2D eigenvalue weighted by Crippen LogP contribution is -2.48. The summed E-state index contributed by atoms with van der Waals surface area (Å²) >= 11 is 0. The fourth-order valence-electron chi connectivity index (χ4n) is 3.33. The molecule has 0 aliphatic carbocycles. The molecule has 1 fully saturated rings. The van der Waals surface area contributed by atoms with Crippen molar-refractivity contribution in [2.24, 2.45) is 5.92 Å². The number of carboxylic acid groups (broad SMARTS) is 1. The van der Waals surface area contributed by atoms with Crippen LogP contribution in [-0.4, -0.2) is 29.1 Å². The predicted molar refractivity (Wildman–Crippen MR) is 76.4 cm³/mol. The summed E-state index contributed by atoms with van der Waals surface area (Å²) < 4.78 is 0. The van der Waals surface area contributed by atoms with E-state index in [4.69, 9.17) is 5.11 Å². The Hall–Kier alpha value is -1.35. The lowest BCUT2D eigenvalue weighted by Gasteiger charge is -2.43. The Bertz CT molecular complexity index is 467. The average molecular weight is 261 g/mol. The third-order valence-corrected chi connectivity index (χ3v) is 4.15. The molecule has 1 aliphatic rings. The molecular formula is C16H23NO2. The van der Waals surface area contributed by atoms with Gasteiger partial charge in [0.2, 0.25) is 0 Å². The van der Waals surface area contributed by atoms with E-state index >= 15 is 0 Å². The number of hydrogen-bond donors (Lipinski definition) is 1. The summed E-state index contributed by atoms with van der Waals surface area (Å²) in [6.07, 6.45) is 0.301. The minimum atomic E-state index is -0.681. The maximum absolute atomic E-state index is 10.7. The molecule has 1 aliphatic heterocycles. The molecule has 1 aromatic rings. The van der Waals surface area contributed by atoms with Gasteiger partial charge in [0.1, 0.15) is 0 Å². The molecule has 1 unspecified atom stereocenters. The van der Waals surface area contributed by atoms with E-state index in [1.165, 1.54) is 22.3 Å². The van der Waals surface area contributed by atoms with Crippen LogP contribution in [0.4, 0.5) is 0 Å². The van der Waals surface area contributed by atoms with E-state index < -0.39 is 5.97 Å². The van der Waals surface area contributed by atoms with Crippen molar-refractivity contribution in [2.75, 3.05) is 13.1 Å². The number of aryl methyl sites for hydroxylation is 3. The van der Waals surface area contributed by atoms with E-state index in [-0.39, 0.29) is 0 Å². The van der Waals surface area contributed by atoms with Gasteiger partial charge in [-0.15, -0.1) is 0 Å². The monoisotopic (exact) mass is 261 g/mol. The highest BCUT2D eigenvalue weighted by atomic mass is 16.4. The van der Waals surface area contributed by atoms with Gasteiger partial charge in [0, 0.05) is 19.1 Å². The molecule has 0 saturated carbocycles. The van der Waals surface area contributed by atoms with Gasteiger partial charge in [0.05, 0.1) is 6.42 Å². The first-order valence-electron chi connectivity index (χ1n) is 6.92. The zero-order valence-electron chi connectivity index (χ0n) is 12.2. The Morgan fingerprint density at radius 3 is 2.32 bits per heavy atom. The molecular weight excluding hydrogens is 238 g/mol. The molecule has 0 bridgehead atoms. The summed E-state index contributed by atoms with van der Waals surface area (Å²) in [4.78, 5) is 13.0. The highest BCUT2D eigenvalue weighted by Gasteiger charge is 2.33. The number of carboxylic acids is 1. The van der Waals surface area contributed by atoms with Crippen LogP contribution in [0, 0.1) is 26.7 Å². The van der Waals surface area contributed by atoms with Crippen molar-refractivity contribution < 1.29 is 9.90 Å². The van der Waals surface area contributed by atoms with Crippen LogP contribution < -0.4 is 0 Å². The van der Waals surface area contributed by atoms with Gasteiger partial charge in [-0.2, -0.15) is 0 Å². The highest BCUT2D eigenvalue weighted by molar-refractivity contribution is 5.67. The first kappa shape index (κ1) is 14.1. The molecule has 3 nitrogen and oxygen atoms in total. The lowest BCUT2D eigenvalue weighted by atomic mass is 9.89. The molecule has 2 rings (SSSR count). The first-order chi connectivity index (χ1) is 8.88. The minimum Gasteiger partial charge on any atom is -0.481 e. The molecule has 1 heterocycles. The van der Waals surface area contributed by atoms with Gasteiger partial charge in [-0.25, -0.2) is 0 Å². The second-order valence-corrected chi connectivity index (χ2v) is 5.91. The zero-order chi connectivity index (χ0) is 14.2. The van der Waals surface area contributed by atoms with Gasteiger partial charge in [0.25, 0.3) is 0 Å². The van der Waals surface area contributed by atoms with Crippen LogP contribution >= 0.6 is 0 Å². The van der Waals surface area contributed by atoms with Crippen molar-refractivity contribution in [1.29, 1.82) is 0 Å². The van der Waals surface area contributed by atoms with Crippen molar-refractivity contribution in [1.82, 2.24) is 4.90 Å². The van der Waals surface area contributed by atoms with E-state index in [2.05, 4.69) is 44.7 Å². The van der Waals surface area contributed by atoms with Crippen LogP contribution in [0.15, 0.2) is 12.1 Å². The summed E-state index contributed by atoms with van der Waals surface area (Å²) in [6.45, 7) is 10.5. The Labute approximate surface area is 115 Å². The third kappa shape index (κ3) is 2.98. The molecule has 1 aromatic carbocycles. The fraction of sp³-hybridized carbons (Fsp3) is 0.562. The minimum absolute atomic E-state index is 0.301. The van der Waals surface area contributed by atoms with E-state index in [0.29, 0.717) is 18.4 Å². The van der Waals surface area contributed by atoms with Gasteiger partial charge in [-0.3, -0.25) is 9.69 Å². The Morgan fingerprint density at radius 1 is 1.32 bits per heavy atom. The molecule has 3 heteroatoms. The fourth-order valence-corrected chi connectivity index (χ4v) is 3.33. The van der Waals surface area contributed by atoms with E-state index in [0.717, 1.165) is 13.1 Å². The van der Waals surface area contributed by atoms with Crippen molar-refractivity contribution in [3.05, 3.63) is 34.4 Å². The Kier molecular flexibility index (Phi) is 3.95. The van der Waals surface area contributed by atoms with Crippen LogP contribution in [0.1, 0.15) is 41.6 Å². The summed E-state index contributed by atoms with van der Waals surface area (Å²) in [5.41, 5.74) is 5.39. The summed E-state index contributed by atoms with van der Waals surface area (Å²) in [5.74, 6) is -0.356. The number of hydrogen-bond acceptors (Lipinski definition) is 2. The second-order valence-electron chi connectivity index (χ2n) is 5.91. The number of carbonyl (C=O) groups is 1. The van der Waals surface area contributed by atoms with Crippen molar-refractivity contribution in [2.45, 2.75) is 40.2 Å². The summed E-state index contributed by atoms with van der Waals surface area (Å²) in [7, 11) is 0. The van der Waals surface area contributed by atoms with Gasteiger partial charge in [0.15, 0.2) is 0 Å².